The molecule has 2 fully saturated rings. The SMILES string of the molecule is CC(=O)N(c1cc(F)ccc1F)C1CSC(=NC2CCCCC2)N1C.Cl. The Balaban J connectivity index is 0.00000243. The zero-order valence-electron chi connectivity index (χ0n) is 15.0. The Hall–Kier alpha value is -1.34. The summed E-state index contributed by atoms with van der Waals surface area (Å²) in [6.45, 7) is 1.37. The number of hydrogen-bond acceptors (Lipinski definition) is 3. The summed E-state index contributed by atoms with van der Waals surface area (Å²) in [6, 6.07) is 3.51. The topological polar surface area (TPSA) is 35.9 Å². The number of aliphatic imine (C=N–C) groups is 1. The molecule has 1 aliphatic heterocycles. The van der Waals surface area contributed by atoms with Crippen LogP contribution < -0.4 is 4.90 Å². The number of thioether (sulfide) groups is 1. The Bertz CT molecular complexity index is 682. The minimum absolute atomic E-state index is 0. The number of carbonyl (C=O) groups is 1. The van der Waals surface area contributed by atoms with Gasteiger partial charge in [0.2, 0.25) is 5.91 Å². The van der Waals surface area contributed by atoms with Crippen molar-refractivity contribution in [2.24, 2.45) is 4.99 Å². The minimum atomic E-state index is -0.604. The fraction of sp³-hybridized carbons (Fsp3) is 0.556. The number of nitrogens with zero attached hydrogens (tertiary/aromatic N) is 3. The van der Waals surface area contributed by atoms with Crippen molar-refractivity contribution < 1.29 is 13.6 Å². The van der Waals surface area contributed by atoms with Gasteiger partial charge in [-0.05, 0) is 25.0 Å². The van der Waals surface area contributed by atoms with Gasteiger partial charge >= 0.3 is 0 Å². The number of hydrogen-bond donors (Lipinski definition) is 0. The summed E-state index contributed by atoms with van der Waals surface area (Å²) in [6.07, 6.45) is 5.49. The van der Waals surface area contributed by atoms with Crippen LogP contribution in [0.15, 0.2) is 23.2 Å². The van der Waals surface area contributed by atoms with Crippen molar-refractivity contribution in [2.75, 3.05) is 17.7 Å². The molecule has 0 spiro atoms. The lowest BCUT2D eigenvalue weighted by atomic mass is 9.96. The highest BCUT2D eigenvalue weighted by Crippen LogP contribution is 2.32. The molecule has 0 aromatic heterocycles. The summed E-state index contributed by atoms with van der Waals surface area (Å²) in [5.74, 6) is -0.905. The normalized spacial score (nSPS) is 22.4. The molecule has 0 radical (unpaired) electrons. The number of anilines is 1. The number of benzene rings is 1. The molecular weight excluding hydrogens is 380 g/mol. The van der Waals surface area contributed by atoms with Gasteiger partial charge in [-0.3, -0.25) is 14.7 Å². The van der Waals surface area contributed by atoms with Crippen LogP contribution >= 0.6 is 24.2 Å². The van der Waals surface area contributed by atoms with Crippen LogP contribution in [0.2, 0.25) is 0 Å². The van der Waals surface area contributed by atoms with E-state index in [2.05, 4.69) is 0 Å². The van der Waals surface area contributed by atoms with Gasteiger partial charge in [0.1, 0.15) is 17.8 Å². The van der Waals surface area contributed by atoms with Crippen molar-refractivity contribution in [3.8, 4) is 0 Å². The average Bonchev–Trinajstić information content (AvgIpc) is 2.93. The van der Waals surface area contributed by atoms with Gasteiger partial charge < -0.3 is 4.90 Å². The second-order valence-electron chi connectivity index (χ2n) is 6.59. The zero-order valence-corrected chi connectivity index (χ0v) is 16.6. The Morgan fingerprint density at radius 1 is 1.27 bits per heavy atom. The van der Waals surface area contributed by atoms with E-state index in [0.717, 1.165) is 36.2 Å². The highest BCUT2D eigenvalue weighted by atomic mass is 35.5. The Morgan fingerprint density at radius 2 is 1.96 bits per heavy atom. The number of amides is 1. The summed E-state index contributed by atoms with van der Waals surface area (Å²) in [5, 5.41) is 0.875. The van der Waals surface area contributed by atoms with Crippen LogP contribution in [0.5, 0.6) is 0 Å². The zero-order chi connectivity index (χ0) is 18.0. The van der Waals surface area contributed by atoms with Crippen molar-refractivity contribution in [2.45, 2.75) is 51.2 Å². The number of halogens is 3. The molecule has 26 heavy (non-hydrogen) atoms. The first-order valence-electron chi connectivity index (χ1n) is 8.65. The maximum absolute atomic E-state index is 14.2. The molecule has 3 rings (SSSR count). The van der Waals surface area contributed by atoms with Crippen molar-refractivity contribution in [1.29, 1.82) is 0 Å². The molecule has 1 heterocycles. The smallest absolute Gasteiger partial charge is 0.225 e. The molecule has 0 N–H and O–H groups in total. The molecular formula is C18H24ClF2N3OS. The average molecular weight is 404 g/mol. The van der Waals surface area contributed by atoms with Crippen LogP contribution in [0.1, 0.15) is 39.0 Å². The molecule has 144 valence electrons. The second-order valence-corrected chi connectivity index (χ2v) is 7.58. The first kappa shape index (κ1) is 21.0. The van der Waals surface area contributed by atoms with Crippen molar-refractivity contribution >= 4 is 40.9 Å². The van der Waals surface area contributed by atoms with Crippen molar-refractivity contribution in [1.82, 2.24) is 4.90 Å². The first-order valence-corrected chi connectivity index (χ1v) is 9.64. The van der Waals surface area contributed by atoms with Gasteiger partial charge in [-0.1, -0.05) is 31.0 Å². The van der Waals surface area contributed by atoms with E-state index in [4.69, 9.17) is 4.99 Å². The summed E-state index contributed by atoms with van der Waals surface area (Å²) >= 11 is 1.57. The highest BCUT2D eigenvalue weighted by molar-refractivity contribution is 8.14. The Morgan fingerprint density at radius 3 is 2.62 bits per heavy atom. The first-order chi connectivity index (χ1) is 12.0. The molecule has 1 unspecified atom stereocenters. The number of amidine groups is 1. The highest BCUT2D eigenvalue weighted by Gasteiger charge is 2.36. The van der Waals surface area contributed by atoms with E-state index in [1.807, 2.05) is 11.9 Å². The number of carbonyl (C=O) groups excluding carboxylic acids is 1. The molecule has 1 atom stereocenters. The molecule has 4 nitrogen and oxygen atoms in total. The van der Waals surface area contributed by atoms with Crippen molar-refractivity contribution in [3.63, 3.8) is 0 Å². The van der Waals surface area contributed by atoms with Gasteiger partial charge in [0, 0.05) is 25.8 Å². The molecule has 1 saturated heterocycles. The summed E-state index contributed by atoms with van der Waals surface area (Å²) in [7, 11) is 1.86. The van der Waals surface area contributed by atoms with Gasteiger partial charge in [-0.2, -0.15) is 0 Å². The van der Waals surface area contributed by atoms with Crippen molar-refractivity contribution in [3.05, 3.63) is 29.8 Å². The van der Waals surface area contributed by atoms with Gasteiger partial charge in [-0.25, -0.2) is 8.78 Å². The van der Waals surface area contributed by atoms with Crippen LogP contribution in [-0.4, -0.2) is 41.0 Å². The summed E-state index contributed by atoms with van der Waals surface area (Å²) in [4.78, 5) is 20.3. The third-order valence-corrected chi connectivity index (χ3v) is 5.90. The maximum Gasteiger partial charge on any atom is 0.225 e. The molecule has 1 amide bonds. The van der Waals surface area contributed by atoms with E-state index >= 15 is 0 Å². The summed E-state index contributed by atoms with van der Waals surface area (Å²) in [5.41, 5.74) is -0.0242. The largest absolute Gasteiger partial charge is 0.333 e. The van der Waals surface area contributed by atoms with Crippen LogP contribution in [0.25, 0.3) is 0 Å². The molecule has 1 aromatic carbocycles. The lowest BCUT2D eigenvalue weighted by Crippen LogP contribution is -2.48. The van der Waals surface area contributed by atoms with E-state index in [1.165, 1.54) is 31.1 Å². The third-order valence-electron chi connectivity index (χ3n) is 4.78. The van der Waals surface area contributed by atoms with E-state index < -0.39 is 11.6 Å². The van der Waals surface area contributed by atoms with Crippen LogP contribution in [0, 0.1) is 11.6 Å². The van der Waals surface area contributed by atoms with E-state index in [-0.39, 0.29) is 30.2 Å². The Labute approximate surface area is 163 Å². The van der Waals surface area contributed by atoms with Crippen LogP contribution in [0.4, 0.5) is 14.5 Å². The van der Waals surface area contributed by atoms with Gasteiger partial charge in [-0.15, -0.1) is 12.4 Å². The van der Waals surface area contributed by atoms with Gasteiger partial charge in [0.15, 0.2) is 5.17 Å². The number of rotatable bonds is 3. The third kappa shape index (κ3) is 4.49. The fourth-order valence-electron chi connectivity index (χ4n) is 3.44. The van der Waals surface area contributed by atoms with Crippen LogP contribution in [-0.2, 0) is 4.79 Å². The predicted molar refractivity (Wildman–Crippen MR) is 105 cm³/mol. The maximum atomic E-state index is 14.2. The molecule has 2 aliphatic rings. The van der Waals surface area contributed by atoms with E-state index in [9.17, 15) is 13.6 Å². The molecule has 0 bridgehead atoms. The molecule has 1 saturated carbocycles. The van der Waals surface area contributed by atoms with E-state index in [1.54, 1.807) is 11.8 Å². The Kier molecular flexibility index (Phi) is 7.29. The van der Waals surface area contributed by atoms with Crippen LogP contribution in [0.3, 0.4) is 0 Å². The second kappa shape index (κ2) is 9.04. The minimum Gasteiger partial charge on any atom is -0.333 e. The summed E-state index contributed by atoms with van der Waals surface area (Å²) < 4.78 is 27.8. The quantitative estimate of drug-likeness (QED) is 0.748. The monoisotopic (exact) mass is 403 g/mol. The molecule has 8 heteroatoms. The lowest BCUT2D eigenvalue weighted by molar-refractivity contribution is -0.117. The van der Waals surface area contributed by atoms with Gasteiger partial charge in [0.25, 0.3) is 0 Å². The lowest BCUT2D eigenvalue weighted by Gasteiger charge is -2.33. The molecule has 1 aliphatic carbocycles. The fourth-order valence-corrected chi connectivity index (χ4v) is 4.66. The molecule has 1 aromatic rings. The van der Waals surface area contributed by atoms with E-state index in [0.29, 0.717) is 11.8 Å². The standard InChI is InChI=1S/C18H23F2N3OS.ClH/c1-12(24)23(16-10-13(19)8-9-15(16)20)17-11-25-18(22(17)2)21-14-6-4-3-5-7-14;/h8-10,14,17H,3-7,11H2,1-2H3;1H. The predicted octanol–water partition coefficient (Wildman–Crippen LogP) is 4.43. The van der Waals surface area contributed by atoms with Gasteiger partial charge in [0.05, 0.1) is 11.7 Å².